The van der Waals surface area contributed by atoms with Gasteiger partial charge in [-0.15, -0.1) is 0 Å². The molecule has 2 N–H and O–H groups in total. The van der Waals surface area contributed by atoms with Crippen LogP contribution in [0.15, 0.2) is 11.6 Å². The van der Waals surface area contributed by atoms with E-state index in [0.717, 1.165) is 11.1 Å². The normalized spacial score (nSPS) is 16.8. The Morgan fingerprint density at radius 3 is 2.62 bits per heavy atom. The summed E-state index contributed by atoms with van der Waals surface area (Å²) in [7, 11) is 1.51. The van der Waals surface area contributed by atoms with E-state index in [1.54, 1.807) is 6.92 Å². The number of rotatable bonds is 6. The van der Waals surface area contributed by atoms with Gasteiger partial charge in [0.15, 0.2) is 0 Å². The van der Waals surface area contributed by atoms with Gasteiger partial charge >= 0.3 is 11.9 Å². The highest BCUT2D eigenvalue weighted by atomic mass is 16.5. The van der Waals surface area contributed by atoms with Gasteiger partial charge in [0.05, 0.1) is 7.11 Å². The number of fused-ring (bicyclic) bond motifs is 1. The molecule has 0 radical (unpaired) electrons. The highest BCUT2D eigenvalue weighted by Gasteiger charge is 2.36. The molecule has 0 saturated carbocycles. The number of aliphatic carboxylic acids is 1. The van der Waals surface area contributed by atoms with Crippen LogP contribution in [0.2, 0.25) is 0 Å². The molecule has 130 valence electrons. The summed E-state index contributed by atoms with van der Waals surface area (Å²) in [6.45, 7) is 5.42. The number of carbonyl (C=O) groups excluding carboxylic acids is 1. The van der Waals surface area contributed by atoms with Gasteiger partial charge in [-0.25, -0.2) is 4.79 Å². The van der Waals surface area contributed by atoms with Crippen LogP contribution in [0.4, 0.5) is 0 Å². The summed E-state index contributed by atoms with van der Waals surface area (Å²) in [5.41, 5.74) is 3.04. The molecule has 1 aromatic carbocycles. The molecule has 24 heavy (non-hydrogen) atoms. The number of methoxy groups -OCH3 is 1. The number of allylic oxidation sites excluding steroid dienone is 2. The number of ether oxygens (including phenoxy) is 2. The van der Waals surface area contributed by atoms with Gasteiger partial charge in [0.25, 0.3) is 0 Å². The van der Waals surface area contributed by atoms with E-state index in [1.807, 2.05) is 19.9 Å². The average Bonchev–Trinajstić information content (AvgIpc) is 2.82. The van der Waals surface area contributed by atoms with E-state index >= 15 is 0 Å². The first-order chi connectivity index (χ1) is 11.3. The van der Waals surface area contributed by atoms with Crippen LogP contribution in [0, 0.1) is 6.92 Å². The molecule has 1 aromatic rings. The van der Waals surface area contributed by atoms with E-state index in [-0.39, 0.29) is 17.7 Å². The van der Waals surface area contributed by atoms with Crippen molar-refractivity contribution in [1.82, 2.24) is 0 Å². The lowest BCUT2D eigenvalue weighted by atomic mass is 9.92. The minimum atomic E-state index is -0.853. The van der Waals surface area contributed by atoms with Crippen molar-refractivity contribution in [2.24, 2.45) is 0 Å². The summed E-state index contributed by atoms with van der Waals surface area (Å²) >= 11 is 0. The molecule has 0 aliphatic carbocycles. The van der Waals surface area contributed by atoms with E-state index in [4.69, 9.17) is 14.6 Å². The van der Waals surface area contributed by atoms with Crippen LogP contribution < -0.4 is 4.74 Å². The van der Waals surface area contributed by atoms with Crippen molar-refractivity contribution in [2.75, 3.05) is 7.11 Å². The zero-order valence-electron chi connectivity index (χ0n) is 14.3. The van der Waals surface area contributed by atoms with Gasteiger partial charge in [-0.2, -0.15) is 0 Å². The van der Waals surface area contributed by atoms with Crippen molar-refractivity contribution in [1.29, 1.82) is 0 Å². The SMILES string of the molecule is COc1c(C)c2c(c(O)c1C/C=C(\C)CCC(=O)O)C(=O)OC2C. The van der Waals surface area contributed by atoms with Crippen LogP contribution in [0.3, 0.4) is 0 Å². The maximum atomic E-state index is 12.0. The lowest BCUT2D eigenvalue weighted by Gasteiger charge is -2.17. The number of cyclic esters (lactones) is 1. The monoisotopic (exact) mass is 334 g/mol. The fourth-order valence-corrected chi connectivity index (χ4v) is 3.06. The molecule has 1 aliphatic rings. The number of benzene rings is 1. The second kappa shape index (κ2) is 6.95. The number of carboxylic acid groups (broad SMARTS) is 1. The molecule has 1 unspecified atom stereocenters. The Hall–Kier alpha value is -2.50. The maximum absolute atomic E-state index is 12.0. The summed E-state index contributed by atoms with van der Waals surface area (Å²) in [5.74, 6) is -0.982. The van der Waals surface area contributed by atoms with Gasteiger partial charge < -0.3 is 19.7 Å². The number of esters is 1. The molecule has 0 aromatic heterocycles. The highest BCUT2D eigenvalue weighted by molar-refractivity contribution is 5.98. The van der Waals surface area contributed by atoms with Crippen LogP contribution in [0.25, 0.3) is 0 Å². The molecule has 1 heterocycles. The molecule has 6 heteroatoms. The number of aromatic hydroxyl groups is 1. The van der Waals surface area contributed by atoms with Crippen LogP contribution in [0.1, 0.15) is 59.8 Å². The first-order valence-corrected chi connectivity index (χ1v) is 7.78. The van der Waals surface area contributed by atoms with Crippen LogP contribution in [0.5, 0.6) is 11.5 Å². The summed E-state index contributed by atoms with van der Waals surface area (Å²) in [5, 5.41) is 19.3. The summed E-state index contributed by atoms with van der Waals surface area (Å²) in [6, 6.07) is 0. The van der Waals surface area contributed by atoms with Gasteiger partial charge in [-0.1, -0.05) is 11.6 Å². The number of phenols is 1. The Bertz CT molecular complexity index is 717. The van der Waals surface area contributed by atoms with Crippen molar-refractivity contribution < 1.29 is 29.3 Å². The zero-order chi connectivity index (χ0) is 18.0. The quantitative estimate of drug-likeness (QED) is 0.612. The van der Waals surface area contributed by atoms with Crippen LogP contribution in [-0.4, -0.2) is 29.3 Å². The van der Waals surface area contributed by atoms with E-state index in [2.05, 4.69) is 0 Å². The van der Waals surface area contributed by atoms with Crippen molar-refractivity contribution in [3.05, 3.63) is 33.9 Å². The van der Waals surface area contributed by atoms with Gasteiger partial charge in [0, 0.05) is 17.5 Å². The van der Waals surface area contributed by atoms with E-state index in [1.165, 1.54) is 7.11 Å². The molecule has 0 fully saturated rings. The molecule has 6 nitrogen and oxygen atoms in total. The minimum Gasteiger partial charge on any atom is -0.507 e. The average molecular weight is 334 g/mol. The molecule has 1 atom stereocenters. The van der Waals surface area contributed by atoms with Gasteiger partial charge in [0.1, 0.15) is 23.2 Å². The first kappa shape index (κ1) is 17.8. The Labute approximate surface area is 140 Å². The number of carboxylic acids is 1. The van der Waals surface area contributed by atoms with E-state index < -0.39 is 18.0 Å². The smallest absolute Gasteiger partial charge is 0.342 e. The van der Waals surface area contributed by atoms with E-state index in [9.17, 15) is 14.7 Å². The number of hydrogen-bond acceptors (Lipinski definition) is 5. The number of carbonyl (C=O) groups is 2. The highest BCUT2D eigenvalue weighted by Crippen LogP contribution is 2.45. The Morgan fingerprint density at radius 2 is 2.04 bits per heavy atom. The van der Waals surface area contributed by atoms with Crippen molar-refractivity contribution in [3.8, 4) is 11.5 Å². The van der Waals surface area contributed by atoms with Gasteiger partial charge in [-0.05, 0) is 39.2 Å². The molecule has 0 saturated heterocycles. The summed E-state index contributed by atoms with van der Waals surface area (Å²) < 4.78 is 10.6. The lowest BCUT2D eigenvalue weighted by Crippen LogP contribution is -2.03. The standard InChI is InChI=1S/C18H22O6/c1-9(6-8-13(19)20)5-7-12-16(21)15-14(10(2)17(12)23-4)11(3)24-18(15)22/h5,11,21H,6-8H2,1-4H3,(H,19,20)/b9-5+. The number of phenolic OH excluding ortho intramolecular Hbond substituents is 1. The molecular weight excluding hydrogens is 312 g/mol. The van der Waals surface area contributed by atoms with Crippen molar-refractivity contribution >= 4 is 11.9 Å². The summed E-state index contributed by atoms with van der Waals surface area (Å²) in [4.78, 5) is 22.6. The fourth-order valence-electron chi connectivity index (χ4n) is 3.06. The molecule has 0 bridgehead atoms. The topological polar surface area (TPSA) is 93.1 Å². The predicted octanol–water partition coefficient (Wildman–Crippen LogP) is 3.29. The third-order valence-electron chi connectivity index (χ3n) is 4.30. The van der Waals surface area contributed by atoms with E-state index in [0.29, 0.717) is 29.7 Å². The second-order valence-corrected chi connectivity index (χ2v) is 5.97. The third-order valence-corrected chi connectivity index (χ3v) is 4.30. The molecule has 1 aliphatic heterocycles. The minimum absolute atomic E-state index is 0.0541. The molecular formula is C18H22O6. The number of hydrogen-bond donors (Lipinski definition) is 2. The Morgan fingerprint density at radius 1 is 1.38 bits per heavy atom. The lowest BCUT2D eigenvalue weighted by molar-refractivity contribution is -0.136. The zero-order valence-corrected chi connectivity index (χ0v) is 14.3. The van der Waals surface area contributed by atoms with Crippen LogP contribution >= 0.6 is 0 Å². The maximum Gasteiger partial charge on any atom is 0.342 e. The van der Waals surface area contributed by atoms with Crippen molar-refractivity contribution in [2.45, 2.75) is 46.1 Å². The Kier molecular flexibility index (Phi) is 5.17. The Balaban J connectivity index is 2.42. The predicted molar refractivity (Wildman–Crippen MR) is 87.6 cm³/mol. The molecule has 0 spiro atoms. The summed E-state index contributed by atoms with van der Waals surface area (Å²) in [6.07, 6.45) is 2.25. The fraction of sp³-hybridized carbons (Fsp3) is 0.444. The molecule has 2 rings (SSSR count). The first-order valence-electron chi connectivity index (χ1n) is 7.78. The van der Waals surface area contributed by atoms with Crippen molar-refractivity contribution in [3.63, 3.8) is 0 Å². The largest absolute Gasteiger partial charge is 0.507 e. The van der Waals surface area contributed by atoms with Gasteiger partial charge in [0.2, 0.25) is 0 Å². The van der Waals surface area contributed by atoms with Crippen LogP contribution in [-0.2, 0) is 16.0 Å². The van der Waals surface area contributed by atoms with Gasteiger partial charge in [-0.3, -0.25) is 4.79 Å². The third kappa shape index (κ3) is 3.22. The molecule has 0 amide bonds. The second-order valence-electron chi connectivity index (χ2n) is 5.97.